The van der Waals surface area contributed by atoms with Crippen molar-refractivity contribution in [3.63, 3.8) is 0 Å². The van der Waals surface area contributed by atoms with Crippen LogP contribution < -0.4 is 19.5 Å². The van der Waals surface area contributed by atoms with Gasteiger partial charge in [0, 0.05) is 36.0 Å². The molecule has 2 aromatic carbocycles. The summed E-state index contributed by atoms with van der Waals surface area (Å²) in [4.78, 5) is 0. The Morgan fingerprint density at radius 3 is 2.24 bits per heavy atom. The number of hydrogen-bond acceptors (Lipinski definition) is 4. The topological polar surface area (TPSA) is 39.7 Å². The fraction of sp³-hybridized carbons (Fsp3) is 0.294. The average Bonchev–Trinajstić information content (AvgIpc) is 2.54. The molecule has 0 radical (unpaired) electrons. The van der Waals surface area contributed by atoms with Crippen LogP contribution >= 0.6 is 0 Å². The van der Waals surface area contributed by atoms with Gasteiger partial charge in [0.25, 0.3) is 0 Å². The molecule has 4 nitrogen and oxygen atoms in total. The molecule has 2 rings (SSSR count). The number of anilines is 1. The van der Waals surface area contributed by atoms with Gasteiger partial charge < -0.3 is 19.5 Å². The van der Waals surface area contributed by atoms with Crippen molar-refractivity contribution in [1.29, 1.82) is 0 Å². The van der Waals surface area contributed by atoms with E-state index in [-0.39, 0.29) is 0 Å². The highest BCUT2D eigenvalue weighted by atomic mass is 16.5. The van der Waals surface area contributed by atoms with Crippen molar-refractivity contribution in [2.75, 3.05) is 26.1 Å². The Bertz CT molecular complexity index is 562. The maximum absolute atomic E-state index is 5.63. The summed E-state index contributed by atoms with van der Waals surface area (Å²) in [7, 11) is 3.28. The third-order valence-electron chi connectivity index (χ3n) is 3.11. The Hall–Kier alpha value is -2.36. The predicted octanol–water partition coefficient (Wildman–Crippen LogP) is 3.71. The van der Waals surface area contributed by atoms with E-state index >= 15 is 0 Å². The summed E-state index contributed by atoms with van der Waals surface area (Å²) in [5.41, 5.74) is 2.05. The van der Waals surface area contributed by atoms with Crippen LogP contribution in [0.4, 0.5) is 5.69 Å². The van der Waals surface area contributed by atoms with Gasteiger partial charge in [-0.25, -0.2) is 0 Å². The van der Waals surface area contributed by atoms with Gasteiger partial charge in [-0.1, -0.05) is 18.2 Å². The zero-order valence-corrected chi connectivity index (χ0v) is 12.7. The van der Waals surface area contributed by atoms with Gasteiger partial charge in [-0.15, -0.1) is 0 Å². The van der Waals surface area contributed by atoms with Crippen LogP contribution in [0.1, 0.15) is 12.5 Å². The highest BCUT2D eigenvalue weighted by Gasteiger charge is 2.05. The Kier molecular flexibility index (Phi) is 5.32. The largest absolute Gasteiger partial charge is 0.497 e. The molecule has 0 aliphatic rings. The Morgan fingerprint density at radius 2 is 1.62 bits per heavy atom. The first-order valence-corrected chi connectivity index (χ1v) is 6.94. The molecule has 0 bridgehead atoms. The molecule has 0 fully saturated rings. The molecule has 4 heteroatoms. The summed E-state index contributed by atoms with van der Waals surface area (Å²) >= 11 is 0. The van der Waals surface area contributed by atoms with Gasteiger partial charge in [0.15, 0.2) is 0 Å². The monoisotopic (exact) mass is 287 g/mol. The molecule has 0 aliphatic heterocycles. The van der Waals surface area contributed by atoms with Crippen molar-refractivity contribution in [3.05, 3.63) is 48.0 Å². The standard InChI is InChI=1S/C17H21NO3/c1-4-21-17-8-6-5-7-13(17)12-18-14-9-15(19-2)11-16(10-14)20-3/h5-11,18H,4,12H2,1-3H3. The van der Waals surface area contributed by atoms with Crippen LogP contribution in [0.5, 0.6) is 17.2 Å². The summed E-state index contributed by atoms with van der Waals surface area (Å²) in [5, 5.41) is 3.37. The van der Waals surface area contributed by atoms with Gasteiger partial charge in [-0.2, -0.15) is 0 Å². The number of rotatable bonds is 7. The van der Waals surface area contributed by atoms with Crippen LogP contribution in [0.15, 0.2) is 42.5 Å². The van der Waals surface area contributed by atoms with E-state index in [4.69, 9.17) is 14.2 Å². The van der Waals surface area contributed by atoms with E-state index in [1.807, 2.05) is 43.3 Å². The Morgan fingerprint density at radius 1 is 0.952 bits per heavy atom. The van der Waals surface area contributed by atoms with E-state index < -0.39 is 0 Å². The normalized spacial score (nSPS) is 10.0. The molecule has 112 valence electrons. The van der Waals surface area contributed by atoms with E-state index in [9.17, 15) is 0 Å². The van der Waals surface area contributed by atoms with E-state index in [0.29, 0.717) is 13.2 Å². The first kappa shape index (κ1) is 15.0. The number of ether oxygens (including phenoxy) is 3. The van der Waals surface area contributed by atoms with Crippen molar-refractivity contribution in [2.45, 2.75) is 13.5 Å². The Balaban J connectivity index is 2.12. The molecule has 0 amide bonds. The van der Waals surface area contributed by atoms with Gasteiger partial charge >= 0.3 is 0 Å². The minimum absolute atomic E-state index is 0.657. The van der Waals surface area contributed by atoms with Crippen molar-refractivity contribution in [2.24, 2.45) is 0 Å². The van der Waals surface area contributed by atoms with Crippen molar-refractivity contribution in [3.8, 4) is 17.2 Å². The van der Waals surface area contributed by atoms with Crippen LogP contribution in [0.3, 0.4) is 0 Å². The second kappa shape index (κ2) is 7.43. The molecule has 0 spiro atoms. The lowest BCUT2D eigenvalue weighted by atomic mass is 10.2. The third kappa shape index (κ3) is 4.05. The van der Waals surface area contributed by atoms with E-state index in [1.54, 1.807) is 14.2 Å². The molecule has 0 heterocycles. The van der Waals surface area contributed by atoms with Crippen LogP contribution in [0, 0.1) is 0 Å². The first-order valence-electron chi connectivity index (χ1n) is 6.94. The molecule has 0 atom stereocenters. The van der Waals surface area contributed by atoms with Crippen molar-refractivity contribution >= 4 is 5.69 Å². The van der Waals surface area contributed by atoms with E-state index in [1.165, 1.54) is 0 Å². The maximum atomic E-state index is 5.63. The highest BCUT2D eigenvalue weighted by Crippen LogP contribution is 2.27. The number of para-hydroxylation sites is 1. The Labute approximate surface area is 125 Å². The van der Waals surface area contributed by atoms with E-state index in [0.717, 1.165) is 28.5 Å². The van der Waals surface area contributed by atoms with Crippen LogP contribution in [-0.2, 0) is 6.54 Å². The molecule has 0 saturated heterocycles. The van der Waals surface area contributed by atoms with E-state index in [2.05, 4.69) is 11.4 Å². The molecule has 0 aromatic heterocycles. The van der Waals surface area contributed by atoms with Gasteiger partial charge in [0.2, 0.25) is 0 Å². The predicted molar refractivity (Wildman–Crippen MR) is 84.5 cm³/mol. The first-order chi connectivity index (χ1) is 10.3. The molecule has 0 unspecified atom stereocenters. The van der Waals surface area contributed by atoms with Crippen LogP contribution in [-0.4, -0.2) is 20.8 Å². The molecular weight excluding hydrogens is 266 g/mol. The molecule has 0 aliphatic carbocycles. The summed E-state index contributed by atoms with van der Waals surface area (Å²) < 4.78 is 16.2. The SMILES string of the molecule is CCOc1ccccc1CNc1cc(OC)cc(OC)c1. The quantitative estimate of drug-likeness (QED) is 0.842. The molecule has 0 saturated carbocycles. The van der Waals surface area contributed by atoms with Gasteiger partial charge in [-0.3, -0.25) is 0 Å². The second-order valence-corrected chi connectivity index (χ2v) is 4.50. The molecule has 1 N–H and O–H groups in total. The smallest absolute Gasteiger partial charge is 0.124 e. The lowest BCUT2D eigenvalue weighted by Gasteiger charge is -2.13. The summed E-state index contributed by atoms with van der Waals surface area (Å²) in [6.45, 7) is 3.31. The van der Waals surface area contributed by atoms with Crippen molar-refractivity contribution < 1.29 is 14.2 Å². The minimum atomic E-state index is 0.657. The number of methoxy groups -OCH3 is 2. The maximum Gasteiger partial charge on any atom is 0.124 e. The number of nitrogens with one attached hydrogen (secondary N) is 1. The van der Waals surface area contributed by atoms with Crippen LogP contribution in [0.2, 0.25) is 0 Å². The fourth-order valence-corrected chi connectivity index (χ4v) is 2.05. The highest BCUT2D eigenvalue weighted by molar-refractivity contribution is 5.54. The lowest BCUT2D eigenvalue weighted by Crippen LogP contribution is -2.03. The van der Waals surface area contributed by atoms with Crippen molar-refractivity contribution in [1.82, 2.24) is 0 Å². The molecular formula is C17H21NO3. The molecule has 2 aromatic rings. The van der Waals surface area contributed by atoms with Crippen LogP contribution in [0.25, 0.3) is 0 Å². The zero-order valence-electron chi connectivity index (χ0n) is 12.7. The van der Waals surface area contributed by atoms with Gasteiger partial charge in [-0.05, 0) is 13.0 Å². The molecule has 21 heavy (non-hydrogen) atoms. The fourth-order valence-electron chi connectivity index (χ4n) is 2.05. The van der Waals surface area contributed by atoms with Gasteiger partial charge in [0.1, 0.15) is 17.2 Å². The third-order valence-corrected chi connectivity index (χ3v) is 3.11. The minimum Gasteiger partial charge on any atom is -0.497 e. The number of hydrogen-bond donors (Lipinski definition) is 1. The summed E-state index contributed by atoms with van der Waals surface area (Å²) in [6, 6.07) is 13.7. The zero-order chi connectivity index (χ0) is 15.1. The average molecular weight is 287 g/mol. The number of benzene rings is 2. The van der Waals surface area contributed by atoms with Gasteiger partial charge in [0.05, 0.1) is 20.8 Å². The second-order valence-electron chi connectivity index (χ2n) is 4.50. The lowest BCUT2D eigenvalue weighted by molar-refractivity contribution is 0.337. The summed E-state index contributed by atoms with van der Waals surface area (Å²) in [5.74, 6) is 2.42. The summed E-state index contributed by atoms with van der Waals surface area (Å²) in [6.07, 6.45) is 0.